The molecular formula is C25H35NO4SSi. The van der Waals surface area contributed by atoms with Crippen molar-refractivity contribution in [2.45, 2.75) is 69.5 Å². The molecule has 3 rings (SSSR count). The summed E-state index contributed by atoms with van der Waals surface area (Å²) >= 11 is 0. The van der Waals surface area contributed by atoms with Gasteiger partial charge in [-0.05, 0) is 61.7 Å². The lowest BCUT2D eigenvalue weighted by Gasteiger charge is -2.36. The summed E-state index contributed by atoms with van der Waals surface area (Å²) in [6, 6.07) is 12.2. The Morgan fingerprint density at radius 3 is 2.38 bits per heavy atom. The topological polar surface area (TPSA) is 63.7 Å². The Kier molecular flexibility index (Phi) is 7.03. The van der Waals surface area contributed by atoms with E-state index in [1.165, 1.54) is 4.31 Å². The molecule has 0 aliphatic carbocycles. The maximum atomic E-state index is 13.4. The van der Waals surface area contributed by atoms with Crippen LogP contribution in [0.25, 0.3) is 0 Å². The van der Waals surface area contributed by atoms with E-state index in [4.69, 9.17) is 4.43 Å². The average Bonchev–Trinajstić information content (AvgIpc) is 3.10. The number of rotatable bonds is 8. The summed E-state index contributed by atoms with van der Waals surface area (Å²) in [5, 5.41) is 0.149. The summed E-state index contributed by atoms with van der Waals surface area (Å²) in [4.78, 5) is 12.0. The van der Waals surface area contributed by atoms with E-state index in [1.807, 2.05) is 6.92 Å². The predicted octanol–water partition coefficient (Wildman–Crippen LogP) is 5.90. The molecule has 0 radical (unpaired) electrons. The Bertz CT molecular complexity index is 1070. The van der Waals surface area contributed by atoms with Gasteiger partial charge in [-0.15, -0.1) is 0 Å². The minimum absolute atomic E-state index is 0.0327. The third kappa shape index (κ3) is 4.85. The summed E-state index contributed by atoms with van der Waals surface area (Å²) in [5.41, 5.74) is 3.03. The van der Waals surface area contributed by atoms with E-state index in [1.54, 1.807) is 42.5 Å². The Hall–Kier alpha value is -1.96. The van der Waals surface area contributed by atoms with Crippen LogP contribution in [0.2, 0.25) is 18.1 Å². The van der Waals surface area contributed by atoms with E-state index >= 15 is 0 Å². The summed E-state index contributed by atoms with van der Waals surface area (Å²) in [6.07, 6.45) is 2.43. The number of nitrogens with zero attached hydrogens (tertiary/aromatic N) is 1. The van der Waals surface area contributed by atoms with Crippen LogP contribution in [0.5, 0.6) is 0 Å². The molecule has 0 fully saturated rings. The maximum absolute atomic E-state index is 13.4. The minimum atomic E-state index is -3.71. The number of hydrogen-bond donors (Lipinski definition) is 0. The minimum Gasteiger partial charge on any atom is -0.417 e. The molecule has 0 spiro atoms. The molecule has 0 bridgehead atoms. The lowest BCUT2D eigenvalue weighted by molar-refractivity contribution is 0.112. The number of fused-ring (bicyclic) bond motifs is 1. The van der Waals surface area contributed by atoms with Crippen molar-refractivity contribution in [2.24, 2.45) is 0 Å². The third-order valence-electron chi connectivity index (χ3n) is 6.88. The fourth-order valence-electron chi connectivity index (χ4n) is 3.90. The molecule has 2 aromatic carbocycles. The molecule has 1 heterocycles. The van der Waals surface area contributed by atoms with Crippen molar-refractivity contribution in [1.29, 1.82) is 0 Å². The van der Waals surface area contributed by atoms with Crippen LogP contribution in [-0.2, 0) is 14.4 Å². The molecule has 1 aliphatic heterocycles. The van der Waals surface area contributed by atoms with Crippen molar-refractivity contribution < 1.29 is 17.6 Å². The highest BCUT2D eigenvalue weighted by Crippen LogP contribution is 2.43. The van der Waals surface area contributed by atoms with Crippen LogP contribution in [0.4, 0.5) is 5.69 Å². The zero-order valence-corrected chi connectivity index (χ0v) is 21.8. The van der Waals surface area contributed by atoms with Crippen molar-refractivity contribution in [2.75, 3.05) is 17.5 Å². The highest BCUT2D eigenvalue weighted by Gasteiger charge is 2.39. The highest BCUT2D eigenvalue weighted by atomic mass is 32.2. The van der Waals surface area contributed by atoms with Crippen molar-refractivity contribution in [3.63, 3.8) is 0 Å². The van der Waals surface area contributed by atoms with Crippen LogP contribution in [-0.4, -0.2) is 36.2 Å². The molecule has 5 nitrogen and oxygen atoms in total. The first-order valence-electron chi connectivity index (χ1n) is 11.2. The van der Waals surface area contributed by atoms with Gasteiger partial charge in [0.1, 0.15) is 6.29 Å². The summed E-state index contributed by atoms with van der Waals surface area (Å²) in [5.74, 6) is -0.0327. The zero-order chi connectivity index (χ0) is 23.7. The van der Waals surface area contributed by atoms with Gasteiger partial charge in [0.05, 0.1) is 10.6 Å². The highest BCUT2D eigenvalue weighted by molar-refractivity contribution is 7.92. The van der Waals surface area contributed by atoms with Crippen LogP contribution in [0.3, 0.4) is 0 Å². The molecule has 1 unspecified atom stereocenters. The largest absolute Gasteiger partial charge is 0.417 e. The number of aryl methyl sites for hydroxylation is 1. The van der Waals surface area contributed by atoms with Crippen molar-refractivity contribution in [3.05, 3.63) is 59.2 Å². The van der Waals surface area contributed by atoms with Crippen molar-refractivity contribution >= 4 is 30.3 Å². The fourth-order valence-corrected chi connectivity index (χ4v) is 6.52. The van der Waals surface area contributed by atoms with Crippen LogP contribution in [0, 0.1) is 6.92 Å². The fraction of sp³-hybridized carbons (Fsp3) is 0.480. The smallest absolute Gasteiger partial charge is 0.264 e. The first kappa shape index (κ1) is 24.7. The normalized spacial score (nSPS) is 16.8. The van der Waals surface area contributed by atoms with E-state index in [0.717, 1.165) is 30.3 Å². The molecule has 0 N–H and O–H groups in total. The Labute approximate surface area is 194 Å². The SMILES string of the molecule is Cc1ccc(S(=O)(=O)N2CC(CCCO[Si](C)(C)C(C)(C)C)c3c(C=O)cccc32)cc1. The molecule has 0 aromatic heterocycles. The molecular weight excluding hydrogens is 438 g/mol. The van der Waals surface area contributed by atoms with Crippen LogP contribution >= 0.6 is 0 Å². The van der Waals surface area contributed by atoms with Gasteiger partial charge < -0.3 is 4.43 Å². The molecule has 7 heteroatoms. The van der Waals surface area contributed by atoms with Crippen LogP contribution in [0.1, 0.15) is 61.0 Å². The van der Waals surface area contributed by atoms with E-state index in [0.29, 0.717) is 24.4 Å². The second-order valence-corrected chi connectivity index (χ2v) is 16.9. The van der Waals surface area contributed by atoms with Gasteiger partial charge in [0.2, 0.25) is 0 Å². The summed E-state index contributed by atoms with van der Waals surface area (Å²) in [6.45, 7) is 14.0. The van der Waals surface area contributed by atoms with Gasteiger partial charge in [-0.2, -0.15) is 0 Å². The van der Waals surface area contributed by atoms with Gasteiger partial charge in [0, 0.05) is 24.6 Å². The van der Waals surface area contributed by atoms with Gasteiger partial charge in [-0.25, -0.2) is 8.42 Å². The lowest BCUT2D eigenvalue weighted by atomic mass is 9.93. The number of hydrogen-bond acceptors (Lipinski definition) is 4. The Morgan fingerprint density at radius 2 is 1.78 bits per heavy atom. The second-order valence-electron chi connectivity index (χ2n) is 10.2. The number of carbonyl (C=O) groups excluding carboxylic acids is 1. The number of benzene rings is 2. The van der Waals surface area contributed by atoms with Gasteiger partial charge in [-0.3, -0.25) is 9.10 Å². The van der Waals surface area contributed by atoms with Crippen molar-refractivity contribution in [3.8, 4) is 0 Å². The number of anilines is 1. The summed E-state index contributed by atoms with van der Waals surface area (Å²) in [7, 11) is -5.53. The Morgan fingerprint density at radius 1 is 1.12 bits per heavy atom. The first-order valence-corrected chi connectivity index (χ1v) is 15.5. The van der Waals surface area contributed by atoms with Crippen LogP contribution in [0.15, 0.2) is 47.4 Å². The molecule has 0 saturated carbocycles. The number of aldehydes is 1. The van der Waals surface area contributed by atoms with E-state index in [2.05, 4.69) is 33.9 Å². The molecule has 0 amide bonds. The molecule has 174 valence electrons. The maximum Gasteiger partial charge on any atom is 0.264 e. The predicted molar refractivity (Wildman–Crippen MR) is 133 cm³/mol. The molecule has 1 aliphatic rings. The molecule has 2 aromatic rings. The zero-order valence-electron chi connectivity index (χ0n) is 20.0. The van der Waals surface area contributed by atoms with Gasteiger partial charge in [0.15, 0.2) is 8.32 Å². The average molecular weight is 474 g/mol. The molecule has 32 heavy (non-hydrogen) atoms. The number of carbonyl (C=O) groups is 1. The molecule has 1 atom stereocenters. The van der Waals surface area contributed by atoms with Crippen molar-refractivity contribution in [1.82, 2.24) is 0 Å². The quantitative estimate of drug-likeness (QED) is 0.272. The second kappa shape index (κ2) is 9.12. The number of sulfonamides is 1. The summed E-state index contributed by atoms with van der Waals surface area (Å²) < 4.78 is 34.7. The van der Waals surface area contributed by atoms with Gasteiger partial charge in [0.25, 0.3) is 10.0 Å². The standard InChI is InChI=1S/C25H35NO4SSi/c1-19-12-14-22(15-13-19)31(28,29)26-17-20(24-21(18-27)9-7-11-23(24)26)10-8-16-30-32(5,6)25(2,3)4/h7,9,11-15,18,20H,8,10,16-17H2,1-6H3. The van der Waals surface area contributed by atoms with Gasteiger partial charge >= 0.3 is 0 Å². The Balaban J connectivity index is 1.83. The van der Waals surface area contributed by atoms with Crippen LogP contribution < -0.4 is 4.31 Å². The van der Waals surface area contributed by atoms with Gasteiger partial charge in [-0.1, -0.05) is 50.6 Å². The molecule has 0 saturated heterocycles. The monoisotopic (exact) mass is 473 g/mol. The first-order chi connectivity index (χ1) is 14.9. The van der Waals surface area contributed by atoms with E-state index in [-0.39, 0.29) is 15.9 Å². The van der Waals surface area contributed by atoms with E-state index < -0.39 is 18.3 Å². The lowest BCUT2D eigenvalue weighted by Crippen LogP contribution is -2.41. The van der Waals surface area contributed by atoms with E-state index in [9.17, 15) is 13.2 Å². The third-order valence-corrected chi connectivity index (χ3v) is 13.2.